The van der Waals surface area contributed by atoms with Crippen LogP contribution in [0.1, 0.15) is 32.1 Å². The molecular weight excluding hydrogens is 214 g/mol. The molecule has 2 rings (SSSR count). The zero-order valence-corrected chi connectivity index (χ0v) is 9.75. The number of hydrogen-bond acceptors (Lipinski definition) is 3. The first-order valence-electron chi connectivity index (χ1n) is 5.80. The molecule has 0 aromatic carbocycles. The Bertz CT molecular complexity index is 309. The number of aliphatic hydroxyl groups is 1. The van der Waals surface area contributed by atoms with Crippen molar-refractivity contribution >= 4 is 9.84 Å². The number of hydrogen-bond donors (Lipinski definition) is 2. The third kappa shape index (κ3) is 2.92. The van der Waals surface area contributed by atoms with Gasteiger partial charge in [0.25, 0.3) is 0 Å². The Hall–Kier alpha value is -0.130. The summed E-state index contributed by atoms with van der Waals surface area (Å²) in [5.74, 6) is 0.117. The van der Waals surface area contributed by atoms with Crippen molar-refractivity contribution < 1.29 is 18.8 Å². The average Bonchev–Trinajstić information content (AvgIpc) is 2.41. The van der Waals surface area contributed by atoms with Crippen LogP contribution in [0.25, 0.3) is 0 Å². The van der Waals surface area contributed by atoms with E-state index >= 15 is 0 Å². The van der Waals surface area contributed by atoms with Crippen LogP contribution in [0.4, 0.5) is 0 Å². The lowest BCUT2D eigenvalue weighted by Gasteiger charge is -2.23. The average molecular weight is 234 g/mol. The van der Waals surface area contributed by atoms with Crippen LogP contribution < -0.4 is 5.32 Å². The summed E-state index contributed by atoms with van der Waals surface area (Å²) in [5, 5.41) is 11.8. The molecule has 0 spiro atoms. The standard InChI is InChI=1S/C10H19NO3S/c12-10-7-15(13,14)6-9(10)11-8-4-2-1-3-5-8/h8-12H,1-7H2/p+1. The van der Waals surface area contributed by atoms with E-state index in [-0.39, 0.29) is 17.5 Å². The van der Waals surface area contributed by atoms with Gasteiger partial charge in [-0.15, -0.1) is 0 Å². The van der Waals surface area contributed by atoms with E-state index in [4.69, 9.17) is 0 Å². The molecule has 5 heteroatoms. The van der Waals surface area contributed by atoms with Gasteiger partial charge in [0.2, 0.25) is 0 Å². The topological polar surface area (TPSA) is 71.0 Å². The Morgan fingerprint density at radius 1 is 1.07 bits per heavy atom. The lowest BCUT2D eigenvalue weighted by atomic mass is 9.94. The maximum Gasteiger partial charge on any atom is 0.159 e. The van der Waals surface area contributed by atoms with E-state index in [0.29, 0.717) is 6.04 Å². The quantitative estimate of drug-likeness (QED) is 0.646. The summed E-state index contributed by atoms with van der Waals surface area (Å²) in [7, 11) is -2.98. The molecule has 2 unspecified atom stereocenters. The fraction of sp³-hybridized carbons (Fsp3) is 1.00. The minimum Gasteiger partial charge on any atom is -0.386 e. The van der Waals surface area contributed by atoms with E-state index in [1.165, 1.54) is 32.1 Å². The molecule has 1 saturated heterocycles. The highest BCUT2D eigenvalue weighted by Crippen LogP contribution is 2.16. The predicted octanol–water partition coefficient (Wildman–Crippen LogP) is -0.960. The third-order valence-corrected chi connectivity index (χ3v) is 5.28. The van der Waals surface area contributed by atoms with E-state index in [9.17, 15) is 13.5 Å². The van der Waals surface area contributed by atoms with E-state index < -0.39 is 15.9 Å². The number of quaternary nitrogens is 1. The summed E-state index contributed by atoms with van der Waals surface area (Å²) < 4.78 is 22.6. The smallest absolute Gasteiger partial charge is 0.159 e. The van der Waals surface area contributed by atoms with Crippen molar-refractivity contribution in [1.29, 1.82) is 0 Å². The molecule has 1 saturated carbocycles. The zero-order valence-electron chi connectivity index (χ0n) is 8.93. The molecule has 2 aliphatic rings. The van der Waals surface area contributed by atoms with Crippen LogP contribution in [0.3, 0.4) is 0 Å². The molecule has 15 heavy (non-hydrogen) atoms. The molecule has 1 heterocycles. The van der Waals surface area contributed by atoms with Crippen LogP contribution in [0, 0.1) is 0 Å². The van der Waals surface area contributed by atoms with Crippen molar-refractivity contribution in [2.75, 3.05) is 11.5 Å². The number of sulfone groups is 1. The Labute approximate surface area is 91.0 Å². The lowest BCUT2D eigenvalue weighted by molar-refractivity contribution is -0.724. The summed E-state index contributed by atoms with van der Waals surface area (Å²) in [6.07, 6.45) is 5.48. The van der Waals surface area contributed by atoms with Crippen molar-refractivity contribution in [3.8, 4) is 0 Å². The summed E-state index contributed by atoms with van der Waals surface area (Å²) in [6.45, 7) is 0. The molecule has 2 fully saturated rings. The minimum absolute atomic E-state index is 0.0408. The lowest BCUT2D eigenvalue weighted by Crippen LogP contribution is -2.97. The number of rotatable bonds is 2. The van der Waals surface area contributed by atoms with Crippen molar-refractivity contribution in [2.45, 2.75) is 50.3 Å². The maximum atomic E-state index is 11.3. The van der Waals surface area contributed by atoms with Gasteiger partial charge >= 0.3 is 0 Å². The van der Waals surface area contributed by atoms with Gasteiger partial charge in [-0.1, -0.05) is 6.42 Å². The highest BCUT2D eigenvalue weighted by molar-refractivity contribution is 7.91. The van der Waals surface area contributed by atoms with Gasteiger partial charge in [-0.25, -0.2) is 8.42 Å². The largest absolute Gasteiger partial charge is 0.386 e. The van der Waals surface area contributed by atoms with Gasteiger partial charge in [-0.05, 0) is 25.7 Å². The van der Waals surface area contributed by atoms with Gasteiger partial charge in [0.05, 0.1) is 11.8 Å². The van der Waals surface area contributed by atoms with Crippen LogP contribution in [-0.4, -0.2) is 43.2 Å². The first-order valence-corrected chi connectivity index (χ1v) is 7.62. The summed E-state index contributed by atoms with van der Waals surface area (Å²) in [5.41, 5.74) is 0. The molecule has 4 nitrogen and oxygen atoms in total. The van der Waals surface area contributed by atoms with Crippen LogP contribution in [0.5, 0.6) is 0 Å². The van der Waals surface area contributed by atoms with Gasteiger partial charge in [0.15, 0.2) is 9.84 Å². The molecule has 0 aromatic heterocycles. The summed E-state index contributed by atoms with van der Waals surface area (Å²) in [4.78, 5) is 0. The van der Waals surface area contributed by atoms with Crippen molar-refractivity contribution in [3.63, 3.8) is 0 Å². The highest BCUT2D eigenvalue weighted by Gasteiger charge is 2.40. The second-order valence-electron chi connectivity index (χ2n) is 4.90. The summed E-state index contributed by atoms with van der Waals surface area (Å²) >= 11 is 0. The van der Waals surface area contributed by atoms with Crippen LogP contribution in [0.2, 0.25) is 0 Å². The maximum absolute atomic E-state index is 11.3. The molecule has 0 radical (unpaired) electrons. The molecule has 0 bridgehead atoms. The molecule has 0 aromatic rings. The molecular formula is C10H20NO3S+. The predicted molar refractivity (Wildman–Crippen MR) is 57.2 cm³/mol. The Morgan fingerprint density at radius 3 is 2.27 bits per heavy atom. The SMILES string of the molecule is O=S1(=O)CC(O)C([NH2+]C2CCCCC2)C1. The molecule has 2 atom stereocenters. The van der Waals surface area contributed by atoms with E-state index in [2.05, 4.69) is 5.32 Å². The molecule has 88 valence electrons. The minimum atomic E-state index is -2.98. The zero-order chi connectivity index (χ0) is 10.9. The second-order valence-corrected chi connectivity index (χ2v) is 7.05. The number of aliphatic hydroxyl groups excluding tert-OH is 1. The number of nitrogens with two attached hydrogens (primary N) is 1. The molecule has 1 aliphatic carbocycles. The molecule has 0 amide bonds. The first kappa shape index (κ1) is 11.4. The fourth-order valence-electron chi connectivity index (χ4n) is 2.72. The van der Waals surface area contributed by atoms with E-state index in [0.717, 1.165) is 0 Å². The monoisotopic (exact) mass is 234 g/mol. The van der Waals surface area contributed by atoms with Crippen molar-refractivity contribution in [3.05, 3.63) is 0 Å². The van der Waals surface area contributed by atoms with Gasteiger partial charge in [0, 0.05) is 0 Å². The first-order chi connectivity index (χ1) is 7.07. The van der Waals surface area contributed by atoms with Gasteiger partial charge in [-0.2, -0.15) is 0 Å². The van der Waals surface area contributed by atoms with Crippen LogP contribution >= 0.6 is 0 Å². The molecule has 1 aliphatic heterocycles. The van der Waals surface area contributed by atoms with Gasteiger partial charge in [0.1, 0.15) is 17.9 Å². The Kier molecular flexibility index (Phi) is 3.33. The van der Waals surface area contributed by atoms with E-state index in [1.807, 2.05) is 0 Å². The van der Waals surface area contributed by atoms with Crippen molar-refractivity contribution in [2.24, 2.45) is 0 Å². The van der Waals surface area contributed by atoms with Gasteiger partial charge < -0.3 is 10.4 Å². The van der Waals surface area contributed by atoms with Crippen LogP contribution in [0.15, 0.2) is 0 Å². The van der Waals surface area contributed by atoms with Gasteiger partial charge in [-0.3, -0.25) is 0 Å². The van der Waals surface area contributed by atoms with Crippen LogP contribution in [-0.2, 0) is 9.84 Å². The third-order valence-electron chi connectivity index (χ3n) is 3.53. The molecule has 3 N–H and O–H groups in total. The Balaban J connectivity index is 1.89. The Morgan fingerprint density at radius 2 is 1.73 bits per heavy atom. The normalized spacial score (nSPS) is 36.9. The van der Waals surface area contributed by atoms with E-state index in [1.54, 1.807) is 0 Å². The highest BCUT2D eigenvalue weighted by atomic mass is 32.2. The van der Waals surface area contributed by atoms with Crippen molar-refractivity contribution in [1.82, 2.24) is 0 Å². The second kappa shape index (κ2) is 4.39. The summed E-state index contributed by atoms with van der Waals surface area (Å²) in [6, 6.07) is 0.421. The fourth-order valence-corrected chi connectivity index (χ4v) is 4.54.